The summed E-state index contributed by atoms with van der Waals surface area (Å²) in [5, 5.41) is 8.97. The molecule has 2 aromatic rings. The molecule has 0 spiro atoms. The summed E-state index contributed by atoms with van der Waals surface area (Å²) in [5.74, 6) is -0.748. The van der Waals surface area contributed by atoms with Gasteiger partial charge in [0.15, 0.2) is 5.71 Å². The molecule has 8 heteroatoms. The lowest BCUT2D eigenvalue weighted by atomic mass is 9.81. The molecule has 2 heterocycles. The third-order valence-corrected chi connectivity index (χ3v) is 9.35. The van der Waals surface area contributed by atoms with Crippen molar-refractivity contribution in [3.8, 4) is 0 Å². The number of likely N-dealkylation sites (N-methyl/N-ethyl adjacent to an activating group) is 1. The number of carboxylic acids is 1. The van der Waals surface area contributed by atoms with Gasteiger partial charge in [-0.05, 0) is 76.4 Å². The minimum Gasteiger partial charge on any atom is -0.744 e. The highest BCUT2D eigenvalue weighted by atomic mass is 32.2. The van der Waals surface area contributed by atoms with Gasteiger partial charge in [-0.25, -0.2) is 8.42 Å². The van der Waals surface area contributed by atoms with E-state index in [0.717, 1.165) is 36.3 Å². The van der Waals surface area contributed by atoms with E-state index in [1.165, 1.54) is 34.7 Å². The largest absolute Gasteiger partial charge is 0.744 e. The lowest BCUT2D eigenvalue weighted by molar-refractivity contribution is -0.438. The highest BCUT2D eigenvalue weighted by molar-refractivity contribution is 7.85. The van der Waals surface area contributed by atoms with Crippen molar-refractivity contribution < 1.29 is 27.4 Å². The molecule has 0 unspecified atom stereocenters. The van der Waals surface area contributed by atoms with E-state index in [1.807, 2.05) is 26.0 Å². The number of carbonyl (C=O) groups is 1. The van der Waals surface area contributed by atoms with Gasteiger partial charge >= 0.3 is 5.97 Å². The van der Waals surface area contributed by atoms with Gasteiger partial charge in [-0.15, -0.1) is 0 Å². The first-order chi connectivity index (χ1) is 19.7. The van der Waals surface area contributed by atoms with E-state index >= 15 is 0 Å². The average Bonchev–Trinajstić information content (AvgIpc) is 3.25. The first-order valence-corrected chi connectivity index (χ1v) is 16.0. The number of fused-ring (bicyclic) bond motifs is 2. The summed E-state index contributed by atoms with van der Waals surface area (Å²) in [6, 6.07) is 11.2. The molecule has 0 bridgehead atoms. The molecule has 4 rings (SSSR count). The number of carboxylic acid groups (broad SMARTS) is 1. The summed E-state index contributed by atoms with van der Waals surface area (Å²) >= 11 is 0. The van der Waals surface area contributed by atoms with Crippen molar-refractivity contribution >= 4 is 33.2 Å². The fourth-order valence-corrected chi connectivity index (χ4v) is 6.76. The maximum absolute atomic E-state index is 11.7. The predicted molar refractivity (Wildman–Crippen MR) is 167 cm³/mol. The van der Waals surface area contributed by atoms with Crippen LogP contribution in [0, 0.1) is 6.92 Å². The summed E-state index contributed by atoms with van der Waals surface area (Å²) in [6.07, 6.45) is 12.9. The highest BCUT2D eigenvalue weighted by Crippen LogP contribution is 2.48. The molecule has 224 valence electrons. The van der Waals surface area contributed by atoms with E-state index in [4.69, 9.17) is 5.11 Å². The fraction of sp³-hybridized carbons (Fsp3) is 0.412. The zero-order valence-electron chi connectivity index (χ0n) is 25.5. The number of hydrogen-bond donors (Lipinski definition) is 1. The molecule has 2 aromatic carbocycles. The number of aliphatic carboxylic acids is 1. The summed E-state index contributed by atoms with van der Waals surface area (Å²) < 4.78 is 37.4. The number of rotatable bonds is 11. The van der Waals surface area contributed by atoms with Crippen LogP contribution in [0.25, 0.3) is 0 Å². The van der Waals surface area contributed by atoms with Crippen LogP contribution in [0.5, 0.6) is 0 Å². The van der Waals surface area contributed by atoms with Gasteiger partial charge in [0.25, 0.3) is 0 Å². The van der Waals surface area contributed by atoms with Crippen molar-refractivity contribution in [3.05, 3.63) is 89.2 Å². The van der Waals surface area contributed by atoms with E-state index in [0.29, 0.717) is 13.0 Å². The van der Waals surface area contributed by atoms with E-state index < -0.39 is 21.5 Å². The lowest BCUT2D eigenvalue weighted by Crippen LogP contribution is -2.28. The Hall–Kier alpha value is -3.49. The Labute approximate surface area is 250 Å². The topological polar surface area (TPSA) is 101 Å². The molecule has 2 aliphatic rings. The molecule has 0 radical (unpaired) electrons. The fourth-order valence-electron chi connectivity index (χ4n) is 6.26. The standard InChI is InChI=1S/C34H42N2O5S/c1-7-35-28-20-18-25(42(39,40)41)23-27(28)34(5,6)30(35)14-10-8-11-15-31-33(3,4)26-22-24(2)17-19-29(26)36(31)21-13-9-12-16-32(37)38/h8,10-11,14-15,17-20,22-23H,7,9,12-13,16,21H2,1-6H3,(H-,37,38,39,40,41). The molecule has 0 aromatic heterocycles. The number of hydrogen-bond acceptors (Lipinski definition) is 5. The van der Waals surface area contributed by atoms with Gasteiger partial charge in [0.1, 0.15) is 16.7 Å². The first-order valence-electron chi connectivity index (χ1n) is 14.6. The summed E-state index contributed by atoms with van der Waals surface area (Å²) in [5.41, 5.74) is 7.05. The van der Waals surface area contributed by atoms with Crippen LogP contribution in [-0.4, -0.2) is 47.4 Å². The van der Waals surface area contributed by atoms with Crippen molar-refractivity contribution in [2.75, 3.05) is 18.0 Å². The van der Waals surface area contributed by atoms with E-state index in [2.05, 4.69) is 73.6 Å². The number of benzene rings is 2. The first kappa shape index (κ1) is 31.4. The Bertz CT molecular complexity index is 1610. The smallest absolute Gasteiger partial charge is 0.303 e. The van der Waals surface area contributed by atoms with Crippen molar-refractivity contribution in [1.82, 2.24) is 0 Å². The SMILES string of the molecule is CCN1/C(=C/C=C/C=C/C2=[N+](CCCCCC(=O)O)c3ccc(C)cc3C2(C)C)C(C)(C)c2cc(S(=O)(=O)[O-])ccc21. The number of aryl methyl sites for hydroxylation is 1. The van der Waals surface area contributed by atoms with Crippen LogP contribution < -0.4 is 4.90 Å². The number of allylic oxidation sites excluding steroid dienone is 6. The molecule has 0 aliphatic carbocycles. The average molecular weight is 591 g/mol. The molecular weight excluding hydrogens is 548 g/mol. The summed E-state index contributed by atoms with van der Waals surface area (Å²) in [7, 11) is -4.54. The minimum absolute atomic E-state index is 0.182. The second-order valence-corrected chi connectivity index (χ2v) is 13.6. The Morgan fingerprint density at radius 1 is 0.976 bits per heavy atom. The van der Waals surface area contributed by atoms with Gasteiger partial charge < -0.3 is 14.6 Å². The summed E-state index contributed by atoms with van der Waals surface area (Å²) in [4.78, 5) is 12.9. The van der Waals surface area contributed by atoms with E-state index in [1.54, 1.807) is 6.07 Å². The van der Waals surface area contributed by atoms with Gasteiger partial charge in [0.2, 0.25) is 5.69 Å². The number of anilines is 1. The van der Waals surface area contributed by atoms with E-state index in [-0.39, 0.29) is 16.7 Å². The molecule has 42 heavy (non-hydrogen) atoms. The van der Waals surface area contributed by atoms with Gasteiger partial charge in [0.05, 0.1) is 10.3 Å². The van der Waals surface area contributed by atoms with Crippen molar-refractivity contribution in [3.63, 3.8) is 0 Å². The maximum atomic E-state index is 11.7. The van der Waals surface area contributed by atoms with Crippen LogP contribution in [0.15, 0.2) is 77.4 Å². The van der Waals surface area contributed by atoms with Gasteiger partial charge in [0, 0.05) is 53.9 Å². The predicted octanol–water partition coefficient (Wildman–Crippen LogP) is 6.73. The Kier molecular flexibility index (Phi) is 9.00. The van der Waals surface area contributed by atoms with Crippen LogP contribution in [0.1, 0.15) is 77.0 Å². The number of unbranched alkanes of at least 4 members (excludes halogenated alkanes) is 2. The second-order valence-electron chi connectivity index (χ2n) is 12.2. The van der Waals surface area contributed by atoms with E-state index in [9.17, 15) is 17.8 Å². The lowest BCUT2D eigenvalue weighted by Gasteiger charge is -2.25. The summed E-state index contributed by atoms with van der Waals surface area (Å²) in [6.45, 7) is 14.3. The molecule has 0 atom stereocenters. The maximum Gasteiger partial charge on any atom is 0.303 e. The van der Waals surface area contributed by atoms with Gasteiger partial charge in [-0.1, -0.05) is 43.7 Å². The molecule has 7 nitrogen and oxygen atoms in total. The molecule has 1 N–H and O–H groups in total. The Morgan fingerprint density at radius 3 is 2.38 bits per heavy atom. The van der Waals surface area contributed by atoms with Gasteiger partial charge in [-0.3, -0.25) is 4.79 Å². The normalized spacial score (nSPS) is 18.5. The molecule has 0 fully saturated rings. The van der Waals surface area contributed by atoms with Crippen LogP contribution in [0.4, 0.5) is 11.4 Å². The third kappa shape index (κ3) is 6.15. The second kappa shape index (κ2) is 12.0. The van der Waals surface area contributed by atoms with Gasteiger partial charge in [-0.2, -0.15) is 4.58 Å². The third-order valence-electron chi connectivity index (χ3n) is 8.52. The van der Waals surface area contributed by atoms with Crippen molar-refractivity contribution in [2.45, 2.75) is 83.0 Å². The van der Waals surface area contributed by atoms with Crippen molar-refractivity contribution in [1.29, 1.82) is 0 Å². The monoisotopic (exact) mass is 590 g/mol. The molecular formula is C34H42N2O5S. The van der Waals surface area contributed by atoms with Crippen molar-refractivity contribution in [2.24, 2.45) is 0 Å². The Morgan fingerprint density at radius 2 is 1.71 bits per heavy atom. The number of nitrogens with zero attached hydrogens (tertiary/aromatic N) is 2. The minimum atomic E-state index is -4.54. The van der Waals surface area contributed by atoms with Crippen LogP contribution in [0.2, 0.25) is 0 Å². The Balaban J connectivity index is 1.60. The molecule has 2 aliphatic heterocycles. The van der Waals surface area contributed by atoms with Crippen LogP contribution >= 0.6 is 0 Å². The zero-order chi connectivity index (χ0) is 30.9. The molecule has 0 saturated heterocycles. The van der Waals surface area contributed by atoms with Crippen LogP contribution in [0.3, 0.4) is 0 Å². The zero-order valence-corrected chi connectivity index (χ0v) is 26.3. The molecule has 0 saturated carbocycles. The molecule has 0 amide bonds. The van der Waals surface area contributed by atoms with Crippen LogP contribution in [-0.2, 0) is 25.7 Å². The highest BCUT2D eigenvalue weighted by Gasteiger charge is 2.44. The quantitative estimate of drug-likeness (QED) is 0.135.